The molecule has 1 aliphatic rings. The number of pyridine rings is 1. The molecule has 6 nitrogen and oxygen atoms in total. The largest absolute Gasteiger partial charge is 0.497 e. The summed E-state index contributed by atoms with van der Waals surface area (Å²) in [6, 6.07) is 11.7. The molecule has 0 bridgehead atoms. The summed E-state index contributed by atoms with van der Waals surface area (Å²) >= 11 is 0. The van der Waals surface area contributed by atoms with E-state index in [1.807, 2.05) is 36.4 Å². The second-order valence-corrected chi connectivity index (χ2v) is 7.51. The lowest BCUT2D eigenvalue weighted by molar-refractivity contribution is -0.130. The average molecular weight is 396 g/mol. The van der Waals surface area contributed by atoms with Gasteiger partial charge in [-0.1, -0.05) is 12.1 Å². The number of methoxy groups -OCH3 is 1. The second kappa shape index (κ2) is 10.6. The maximum absolute atomic E-state index is 12.4. The van der Waals surface area contributed by atoms with Gasteiger partial charge in [0.2, 0.25) is 11.8 Å². The third-order valence-corrected chi connectivity index (χ3v) is 5.56. The molecule has 1 fully saturated rings. The molecular weight excluding hydrogens is 366 g/mol. The number of amides is 2. The van der Waals surface area contributed by atoms with Gasteiger partial charge >= 0.3 is 0 Å². The molecule has 2 aromatic rings. The number of hydrogen-bond acceptors (Lipinski definition) is 4. The predicted octanol–water partition coefficient (Wildman–Crippen LogP) is 2.87. The molecule has 2 N–H and O–H groups in total. The Bertz CT molecular complexity index is 785. The summed E-state index contributed by atoms with van der Waals surface area (Å²) in [5.41, 5.74) is 2.21. The first-order chi connectivity index (χ1) is 14.2. The normalized spacial score (nSPS) is 18.7. The molecule has 1 aromatic carbocycles. The first-order valence-electron chi connectivity index (χ1n) is 10.2. The van der Waals surface area contributed by atoms with E-state index in [4.69, 9.17) is 4.74 Å². The van der Waals surface area contributed by atoms with E-state index in [0.29, 0.717) is 13.1 Å². The van der Waals surface area contributed by atoms with Crippen LogP contribution in [0.3, 0.4) is 0 Å². The van der Waals surface area contributed by atoms with Crippen molar-refractivity contribution in [3.63, 3.8) is 0 Å². The van der Waals surface area contributed by atoms with Crippen molar-refractivity contribution in [2.45, 2.75) is 38.6 Å². The quantitative estimate of drug-likeness (QED) is 0.720. The molecule has 1 aromatic heterocycles. The second-order valence-electron chi connectivity index (χ2n) is 7.51. The highest BCUT2D eigenvalue weighted by molar-refractivity contribution is 5.81. The highest BCUT2D eigenvalue weighted by atomic mass is 16.5. The number of nitrogens with one attached hydrogen (secondary N) is 2. The molecule has 154 valence electrons. The van der Waals surface area contributed by atoms with E-state index >= 15 is 0 Å². The molecule has 0 spiro atoms. The number of benzene rings is 1. The van der Waals surface area contributed by atoms with Crippen LogP contribution in [0.5, 0.6) is 5.75 Å². The topological polar surface area (TPSA) is 80.3 Å². The van der Waals surface area contributed by atoms with E-state index in [0.717, 1.165) is 43.4 Å². The van der Waals surface area contributed by atoms with Gasteiger partial charge in [0.25, 0.3) is 0 Å². The SMILES string of the molecule is COc1ccc(CCNC(=O)C2CCC(C(=O)NCc3ccncc3)CC2)cc1. The Morgan fingerprint density at radius 2 is 1.48 bits per heavy atom. The maximum Gasteiger partial charge on any atom is 0.223 e. The number of hydrogen-bond donors (Lipinski definition) is 2. The van der Waals surface area contributed by atoms with Gasteiger partial charge in [0.15, 0.2) is 0 Å². The lowest BCUT2D eigenvalue weighted by atomic mass is 9.81. The molecule has 0 saturated heterocycles. The number of carbonyl (C=O) groups excluding carboxylic acids is 2. The predicted molar refractivity (Wildman–Crippen MR) is 111 cm³/mol. The summed E-state index contributed by atoms with van der Waals surface area (Å²) in [5.74, 6) is 1.03. The minimum Gasteiger partial charge on any atom is -0.497 e. The smallest absolute Gasteiger partial charge is 0.223 e. The lowest BCUT2D eigenvalue weighted by Gasteiger charge is -2.27. The van der Waals surface area contributed by atoms with Gasteiger partial charge in [-0.15, -0.1) is 0 Å². The molecule has 0 aliphatic heterocycles. The summed E-state index contributed by atoms with van der Waals surface area (Å²) in [4.78, 5) is 28.8. The minimum atomic E-state index is 0.000173. The average Bonchev–Trinajstić information content (AvgIpc) is 2.78. The van der Waals surface area contributed by atoms with Crippen LogP contribution in [0.1, 0.15) is 36.8 Å². The fraction of sp³-hybridized carbons (Fsp3) is 0.435. The van der Waals surface area contributed by atoms with E-state index in [2.05, 4.69) is 15.6 Å². The molecule has 1 saturated carbocycles. The standard InChI is InChI=1S/C23H29N3O3/c1-29-21-8-2-17(3-9-21)12-15-25-22(27)19-4-6-20(7-5-19)23(28)26-16-18-10-13-24-14-11-18/h2-3,8-11,13-14,19-20H,4-7,12,15-16H2,1H3,(H,25,27)(H,26,28). The first kappa shape index (κ1) is 20.8. The van der Waals surface area contributed by atoms with E-state index in [-0.39, 0.29) is 23.7 Å². The van der Waals surface area contributed by atoms with Crippen LogP contribution in [0.15, 0.2) is 48.8 Å². The van der Waals surface area contributed by atoms with Gasteiger partial charge in [0.1, 0.15) is 5.75 Å². The zero-order valence-electron chi connectivity index (χ0n) is 16.9. The number of aromatic nitrogens is 1. The molecule has 3 rings (SSSR count). The van der Waals surface area contributed by atoms with Crippen LogP contribution in [0.4, 0.5) is 0 Å². The molecule has 29 heavy (non-hydrogen) atoms. The summed E-state index contributed by atoms with van der Waals surface area (Å²) in [6.07, 6.45) is 7.29. The Hall–Kier alpha value is -2.89. The summed E-state index contributed by atoms with van der Waals surface area (Å²) in [6.45, 7) is 1.14. The van der Waals surface area contributed by atoms with E-state index in [1.54, 1.807) is 19.5 Å². The third-order valence-electron chi connectivity index (χ3n) is 5.56. The summed E-state index contributed by atoms with van der Waals surface area (Å²) in [5, 5.41) is 6.04. The third kappa shape index (κ3) is 6.31. The van der Waals surface area contributed by atoms with Crippen LogP contribution in [0.2, 0.25) is 0 Å². The van der Waals surface area contributed by atoms with E-state index in [9.17, 15) is 9.59 Å². The molecule has 0 unspecified atom stereocenters. The lowest BCUT2D eigenvalue weighted by Crippen LogP contribution is -2.37. The van der Waals surface area contributed by atoms with Gasteiger partial charge in [0, 0.05) is 37.3 Å². The molecule has 6 heteroatoms. The zero-order valence-corrected chi connectivity index (χ0v) is 16.9. The van der Waals surface area contributed by atoms with Crippen molar-refractivity contribution in [2.24, 2.45) is 11.8 Å². The Morgan fingerprint density at radius 3 is 2.07 bits per heavy atom. The van der Waals surface area contributed by atoms with Crippen molar-refractivity contribution in [3.05, 3.63) is 59.9 Å². The molecule has 0 radical (unpaired) electrons. The Morgan fingerprint density at radius 1 is 0.897 bits per heavy atom. The first-order valence-corrected chi connectivity index (χ1v) is 10.2. The fourth-order valence-electron chi connectivity index (χ4n) is 3.72. The van der Waals surface area contributed by atoms with Crippen molar-refractivity contribution in [1.82, 2.24) is 15.6 Å². The van der Waals surface area contributed by atoms with Gasteiger partial charge in [-0.3, -0.25) is 14.6 Å². The van der Waals surface area contributed by atoms with E-state index in [1.165, 1.54) is 5.56 Å². The van der Waals surface area contributed by atoms with Crippen molar-refractivity contribution in [2.75, 3.05) is 13.7 Å². The Kier molecular flexibility index (Phi) is 7.61. The van der Waals surface area contributed by atoms with Gasteiger partial charge in [-0.2, -0.15) is 0 Å². The van der Waals surface area contributed by atoms with Crippen molar-refractivity contribution >= 4 is 11.8 Å². The maximum atomic E-state index is 12.4. The highest BCUT2D eigenvalue weighted by Crippen LogP contribution is 2.29. The molecule has 1 aliphatic carbocycles. The zero-order chi connectivity index (χ0) is 20.5. The van der Waals surface area contributed by atoms with Gasteiger partial charge < -0.3 is 15.4 Å². The Labute approximate surface area is 172 Å². The monoisotopic (exact) mass is 395 g/mol. The number of carbonyl (C=O) groups is 2. The molecule has 2 amide bonds. The Balaban J connectivity index is 1.34. The number of nitrogens with zero attached hydrogens (tertiary/aromatic N) is 1. The van der Waals surface area contributed by atoms with Crippen LogP contribution in [0.25, 0.3) is 0 Å². The van der Waals surface area contributed by atoms with Crippen LogP contribution in [0, 0.1) is 11.8 Å². The van der Waals surface area contributed by atoms with Crippen LogP contribution >= 0.6 is 0 Å². The van der Waals surface area contributed by atoms with Crippen LogP contribution < -0.4 is 15.4 Å². The van der Waals surface area contributed by atoms with Crippen molar-refractivity contribution < 1.29 is 14.3 Å². The molecule has 0 atom stereocenters. The van der Waals surface area contributed by atoms with Gasteiger partial charge in [-0.25, -0.2) is 0 Å². The van der Waals surface area contributed by atoms with Gasteiger partial charge in [-0.05, 0) is 67.5 Å². The van der Waals surface area contributed by atoms with Crippen LogP contribution in [-0.2, 0) is 22.6 Å². The highest BCUT2D eigenvalue weighted by Gasteiger charge is 2.29. The summed E-state index contributed by atoms with van der Waals surface area (Å²) in [7, 11) is 1.65. The molecule has 1 heterocycles. The number of rotatable bonds is 8. The van der Waals surface area contributed by atoms with Gasteiger partial charge in [0.05, 0.1) is 7.11 Å². The van der Waals surface area contributed by atoms with Crippen LogP contribution in [-0.4, -0.2) is 30.5 Å². The van der Waals surface area contributed by atoms with Crippen molar-refractivity contribution in [1.29, 1.82) is 0 Å². The molecular formula is C23H29N3O3. The van der Waals surface area contributed by atoms with E-state index < -0.39 is 0 Å². The number of ether oxygens (including phenoxy) is 1. The fourth-order valence-corrected chi connectivity index (χ4v) is 3.72. The minimum absolute atomic E-state index is 0.000173. The van der Waals surface area contributed by atoms with Crippen molar-refractivity contribution in [3.8, 4) is 5.75 Å². The summed E-state index contributed by atoms with van der Waals surface area (Å²) < 4.78 is 5.15.